The van der Waals surface area contributed by atoms with E-state index in [1.54, 1.807) is 30.0 Å². The summed E-state index contributed by atoms with van der Waals surface area (Å²) >= 11 is 0. The van der Waals surface area contributed by atoms with Crippen LogP contribution in [0.25, 0.3) is 0 Å². The van der Waals surface area contributed by atoms with E-state index in [-0.39, 0.29) is 50.4 Å². The van der Waals surface area contributed by atoms with Gasteiger partial charge in [0.05, 0.1) is 17.6 Å². The number of ether oxygens (including phenoxy) is 1. The fourth-order valence-corrected chi connectivity index (χ4v) is 3.84. The highest BCUT2D eigenvalue weighted by atomic mass is 19.4. The molecule has 3 rings (SSSR count). The predicted octanol–water partition coefficient (Wildman–Crippen LogP) is 4.13. The Kier molecular flexibility index (Phi) is 6.43. The maximum Gasteiger partial charge on any atom is 0.416 e. The lowest BCUT2D eigenvalue weighted by Crippen LogP contribution is -2.48. The van der Waals surface area contributed by atoms with E-state index >= 15 is 0 Å². The zero-order valence-corrected chi connectivity index (χ0v) is 16.6. The van der Waals surface area contributed by atoms with Crippen LogP contribution in [0.4, 0.5) is 13.2 Å². The van der Waals surface area contributed by atoms with Crippen LogP contribution in [0.15, 0.2) is 48.7 Å². The van der Waals surface area contributed by atoms with Gasteiger partial charge < -0.3 is 9.64 Å². The van der Waals surface area contributed by atoms with E-state index in [9.17, 15) is 22.8 Å². The first-order valence-corrected chi connectivity index (χ1v) is 9.79. The van der Waals surface area contributed by atoms with Crippen LogP contribution in [0.1, 0.15) is 41.4 Å². The smallest absolute Gasteiger partial charge is 0.416 e. The lowest BCUT2D eigenvalue weighted by atomic mass is 9.73. The standard InChI is InChI=1S/C22H23F3N2O3/c1-2-30-20(29)21(15-16-7-3-4-8-17(16)22(23,24)25)10-13-27(14-11-21)19(28)18-9-5-6-12-26-18/h3-9,12H,2,10-11,13-15H2,1H3. The van der Waals surface area contributed by atoms with E-state index in [0.29, 0.717) is 5.69 Å². The normalized spacial score (nSPS) is 16.2. The molecule has 0 bridgehead atoms. The molecular weight excluding hydrogens is 397 g/mol. The topological polar surface area (TPSA) is 59.5 Å². The van der Waals surface area contributed by atoms with Gasteiger partial charge in [0.2, 0.25) is 0 Å². The first kappa shape index (κ1) is 21.8. The van der Waals surface area contributed by atoms with E-state index in [1.807, 2.05) is 0 Å². The molecule has 1 aliphatic rings. The summed E-state index contributed by atoms with van der Waals surface area (Å²) in [6.45, 7) is 2.28. The van der Waals surface area contributed by atoms with Crippen LogP contribution in [0.2, 0.25) is 0 Å². The number of aromatic nitrogens is 1. The van der Waals surface area contributed by atoms with Crippen LogP contribution in [0, 0.1) is 5.41 Å². The highest BCUT2D eigenvalue weighted by Crippen LogP contribution is 2.40. The lowest BCUT2D eigenvalue weighted by molar-refractivity contribution is -0.159. The molecule has 1 saturated heterocycles. The second kappa shape index (κ2) is 8.85. The van der Waals surface area contributed by atoms with Crippen molar-refractivity contribution in [2.24, 2.45) is 5.41 Å². The minimum absolute atomic E-state index is 0.0579. The molecule has 0 unspecified atom stereocenters. The second-order valence-corrected chi connectivity index (χ2v) is 7.34. The molecule has 2 heterocycles. The Labute approximate surface area is 172 Å². The number of hydrogen-bond acceptors (Lipinski definition) is 4. The van der Waals surface area contributed by atoms with Gasteiger partial charge in [-0.15, -0.1) is 0 Å². The molecule has 0 atom stereocenters. The Morgan fingerprint density at radius 1 is 1.10 bits per heavy atom. The maximum absolute atomic E-state index is 13.5. The Morgan fingerprint density at radius 3 is 2.37 bits per heavy atom. The monoisotopic (exact) mass is 420 g/mol. The third-order valence-electron chi connectivity index (χ3n) is 5.45. The zero-order chi connectivity index (χ0) is 21.8. The van der Waals surface area contributed by atoms with E-state index in [2.05, 4.69) is 4.98 Å². The van der Waals surface area contributed by atoms with Crippen molar-refractivity contribution in [3.05, 3.63) is 65.5 Å². The van der Waals surface area contributed by atoms with Gasteiger partial charge in [-0.3, -0.25) is 14.6 Å². The third kappa shape index (κ3) is 4.63. The fraction of sp³-hybridized carbons (Fsp3) is 0.409. The molecule has 1 aromatic carbocycles. The van der Waals surface area contributed by atoms with E-state index < -0.39 is 23.1 Å². The van der Waals surface area contributed by atoms with Crippen molar-refractivity contribution in [2.45, 2.75) is 32.4 Å². The van der Waals surface area contributed by atoms with Crippen molar-refractivity contribution in [1.82, 2.24) is 9.88 Å². The number of pyridine rings is 1. The summed E-state index contributed by atoms with van der Waals surface area (Å²) in [6, 6.07) is 10.3. The van der Waals surface area contributed by atoms with Crippen molar-refractivity contribution in [3.63, 3.8) is 0 Å². The Hall–Kier alpha value is -2.90. The van der Waals surface area contributed by atoms with Crippen LogP contribution in [-0.4, -0.2) is 41.5 Å². The van der Waals surface area contributed by atoms with Crippen LogP contribution in [-0.2, 0) is 22.1 Å². The first-order chi connectivity index (χ1) is 14.3. The van der Waals surface area contributed by atoms with Crippen molar-refractivity contribution < 1.29 is 27.5 Å². The number of hydrogen-bond donors (Lipinski definition) is 0. The zero-order valence-electron chi connectivity index (χ0n) is 16.6. The maximum atomic E-state index is 13.5. The highest BCUT2D eigenvalue weighted by molar-refractivity contribution is 5.92. The average molecular weight is 420 g/mol. The molecule has 0 radical (unpaired) electrons. The number of carbonyl (C=O) groups is 2. The van der Waals surface area contributed by atoms with Crippen molar-refractivity contribution in [1.29, 1.82) is 0 Å². The summed E-state index contributed by atoms with van der Waals surface area (Å²) in [7, 11) is 0. The van der Waals surface area contributed by atoms with Gasteiger partial charge in [-0.1, -0.05) is 24.3 Å². The number of nitrogens with zero attached hydrogens (tertiary/aromatic N) is 2. The number of halogens is 3. The molecule has 0 saturated carbocycles. The summed E-state index contributed by atoms with van der Waals surface area (Å²) in [4.78, 5) is 31.1. The third-order valence-corrected chi connectivity index (χ3v) is 5.45. The summed E-state index contributed by atoms with van der Waals surface area (Å²) in [5.74, 6) is -0.782. The summed E-state index contributed by atoms with van der Waals surface area (Å²) in [5.41, 5.74) is -1.51. The quantitative estimate of drug-likeness (QED) is 0.683. The number of amides is 1. The van der Waals surface area contributed by atoms with Crippen molar-refractivity contribution in [2.75, 3.05) is 19.7 Å². The SMILES string of the molecule is CCOC(=O)C1(Cc2ccccc2C(F)(F)F)CCN(C(=O)c2ccccn2)CC1. The Morgan fingerprint density at radius 2 is 1.77 bits per heavy atom. The van der Waals surface area contributed by atoms with Crippen LogP contribution >= 0.6 is 0 Å². The fourth-order valence-electron chi connectivity index (χ4n) is 3.84. The number of esters is 1. The molecule has 1 aliphatic heterocycles. The van der Waals surface area contributed by atoms with Gasteiger partial charge in [0, 0.05) is 19.3 Å². The summed E-state index contributed by atoms with van der Waals surface area (Å²) < 4.78 is 45.6. The number of rotatable bonds is 5. The van der Waals surface area contributed by atoms with Gasteiger partial charge in [-0.05, 0) is 49.9 Å². The molecule has 160 valence electrons. The van der Waals surface area contributed by atoms with Crippen LogP contribution < -0.4 is 0 Å². The minimum Gasteiger partial charge on any atom is -0.466 e. The molecule has 5 nitrogen and oxygen atoms in total. The first-order valence-electron chi connectivity index (χ1n) is 9.79. The van der Waals surface area contributed by atoms with E-state index in [4.69, 9.17) is 4.74 Å². The van der Waals surface area contributed by atoms with E-state index in [0.717, 1.165) is 6.07 Å². The van der Waals surface area contributed by atoms with E-state index in [1.165, 1.54) is 24.4 Å². The minimum atomic E-state index is -4.51. The van der Waals surface area contributed by atoms with Crippen LogP contribution in [0.3, 0.4) is 0 Å². The van der Waals surface area contributed by atoms with Crippen LogP contribution in [0.5, 0.6) is 0 Å². The molecule has 30 heavy (non-hydrogen) atoms. The molecule has 0 aliphatic carbocycles. The van der Waals surface area contributed by atoms with Gasteiger partial charge in [0.15, 0.2) is 0 Å². The average Bonchev–Trinajstić information content (AvgIpc) is 2.74. The molecule has 8 heteroatoms. The second-order valence-electron chi connectivity index (χ2n) is 7.34. The van der Waals surface area contributed by atoms with Crippen molar-refractivity contribution >= 4 is 11.9 Å². The Balaban J connectivity index is 1.84. The molecule has 0 spiro atoms. The lowest BCUT2D eigenvalue weighted by Gasteiger charge is -2.40. The van der Waals surface area contributed by atoms with Gasteiger partial charge in [0.1, 0.15) is 5.69 Å². The van der Waals surface area contributed by atoms with Gasteiger partial charge in [0.25, 0.3) is 5.91 Å². The number of piperidine rings is 1. The largest absolute Gasteiger partial charge is 0.466 e. The number of carbonyl (C=O) groups excluding carboxylic acids is 2. The van der Waals surface area contributed by atoms with Gasteiger partial charge >= 0.3 is 12.1 Å². The Bertz CT molecular complexity index is 892. The molecule has 0 N–H and O–H groups in total. The number of benzene rings is 1. The molecule has 1 fully saturated rings. The molecule has 1 amide bonds. The van der Waals surface area contributed by atoms with Crippen molar-refractivity contribution in [3.8, 4) is 0 Å². The van der Waals surface area contributed by atoms with Gasteiger partial charge in [-0.25, -0.2) is 0 Å². The summed E-state index contributed by atoms with van der Waals surface area (Å²) in [6.07, 6.45) is -2.64. The summed E-state index contributed by atoms with van der Waals surface area (Å²) in [5, 5.41) is 0. The predicted molar refractivity (Wildman–Crippen MR) is 104 cm³/mol. The molecule has 2 aromatic rings. The number of likely N-dealkylation sites (tertiary alicyclic amines) is 1. The molecular formula is C22H23F3N2O3. The van der Waals surface area contributed by atoms with Gasteiger partial charge in [-0.2, -0.15) is 13.2 Å². The molecule has 1 aromatic heterocycles. The highest BCUT2D eigenvalue weighted by Gasteiger charge is 2.45. The number of alkyl halides is 3.